The molecule has 1 amide bonds. The Labute approximate surface area is 112 Å². The van der Waals surface area contributed by atoms with Crippen LogP contribution < -0.4 is 10.1 Å². The van der Waals surface area contributed by atoms with Gasteiger partial charge in [-0.25, -0.2) is 4.39 Å². The lowest BCUT2D eigenvalue weighted by Crippen LogP contribution is -2.30. The van der Waals surface area contributed by atoms with Crippen LogP contribution in [0.25, 0.3) is 0 Å². The summed E-state index contributed by atoms with van der Waals surface area (Å²) in [5.41, 5.74) is 0.228. The molecule has 0 heterocycles. The van der Waals surface area contributed by atoms with E-state index in [0.29, 0.717) is 18.7 Å². The molecular formula is C14H18FNO3. The molecule has 0 aromatic heterocycles. The molecule has 0 spiro atoms. The highest BCUT2D eigenvalue weighted by molar-refractivity contribution is 5.77. The van der Waals surface area contributed by atoms with E-state index in [1.165, 1.54) is 12.1 Å². The van der Waals surface area contributed by atoms with Crippen molar-refractivity contribution in [2.45, 2.75) is 20.3 Å². The van der Waals surface area contributed by atoms with Gasteiger partial charge < -0.3 is 10.1 Å². The summed E-state index contributed by atoms with van der Waals surface area (Å²) in [6.45, 7) is 4.46. The van der Waals surface area contributed by atoms with Gasteiger partial charge in [-0.15, -0.1) is 0 Å². The fourth-order valence-electron chi connectivity index (χ4n) is 1.40. The lowest BCUT2D eigenvalue weighted by Gasteiger charge is -2.09. The maximum Gasteiger partial charge on any atom is 0.257 e. The molecule has 0 bridgehead atoms. The topological polar surface area (TPSA) is 55.4 Å². The zero-order valence-electron chi connectivity index (χ0n) is 11.1. The highest BCUT2D eigenvalue weighted by Crippen LogP contribution is 2.17. The molecule has 0 saturated heterocycles. The molecule has 104 valence electrons. The van der Waals surface area contributed by atoms with Crippen molar-refractivity contribution in [2.24, 2.45) is 5.92 Å². The fraction of sp³-hybridized carbons (Fsp3) is 0.429. The zero-order chi connectivity index (χ0) is 14.3. The average Bonchev–Trinajstić information content (AvgIpc) is 2.36. The Morgan fingerprint density at radius 2 is 2.21 bits per heavy atom. The van der Waals surface area contributed by atoms with Crippen LogP contribution in [0.2, 0.25) is 0 Å². The molecule has 0 aliphatic rings. The summed E-state index contributed by atoms with van der Waals surface area (Å²) in [4.78, 5) is 21.9. The number of rotatable bonds is 7. The van der Waals surface area contributed by atoms with E-state index in [9.17, 15) is 14.0 Å². The molecule has 5 heteroatoms. The van der Waals surface area contributed by atoms with Crippen molar-refractivity contribution in [3.8, 4) is 5.75 Å². The van der Waals surface area contributed by atoms with E-state index < -0.39 is 5.82 Å². The van der Waals surface area contributed by atoms with Gasteiger partial charge in [0.25, 0.3) is 5.91 Å². The molecule has 0 saturated carbocycles. The standard InChI is InChI=1S/C14H18FNO3/c1-10(2)5-6-16-14(18)9-19-13-4-3-11(8-17)7-12(13)15/h3-4,7-8,10H,5-6,9H2,1-2H3,(H,16,18). The third-order valence-electron chi connectivity index (χ3n) is 2.49. The Balaban J connectivity index is 2.39. The first-order chi connectivity index (χ1) is 9.02. The van der Waals surface area contributed by atoms with Gasteiger partial charge in [-0.2, -0.15) is 0 Å². The SMILES string of the molecule is CC(C)CCNC(=O)COc1ccc(C=O)cc1F. The van der Waals surface area contributed by atoms with Crippen LogP contribution in [-0.2, 0) is 4.79 Å². The number of carbonyl (C=O) groups is 2. The van der Waals surface area contributed by atoms with Gasteiger partial charge in [0, 0.05) is 12.1 Å². The Bertz CT molecular complexity index is 446. The number of benzene rings is 1. The van der Waals surface area contributed by atoms with Gasteiger partial charge in [0.05, 0.1) is 0 Å². The molecule has 19 heavy (non-hydrogen) atoms. The Kier molecular flexibility index (Phi) is 5.99. The minimum absolute atomic E-state index is 0.0374. The van der Waals surface area contributed by atoms with Crippen molar-refractivity contribution in [3.63, 3.8) is 0 Å². The van der Waals surface area contributed by atoms with Crippen molar-refractivity contribution < 1.29 is 18.7 Å². The highest BCUT2D eigenvalue weighted by Gasteiger charge is 2.07. The molecule has 1 rings (SSSR count). The second kappa shape index (κ2) is 7.51. The Morgan fingerprint density at radius 1 is 1.47 bits per heavy atom. The second-order valence-corrected chi connectivity index (χ2v) is 4.63. The van der Waals surface area contributed by atoms with Gasteiger partial charge in [0.1, 0.15) is 6.29 Å². The molecule has 0 unspecified atom stereocenters. The highest BCUT2D eigenvalue weighted by atomic mass is 19.1. The molecule has 1 aromatic carbocycles. The first-order valence-electron chi connectivity index (χ1n) is 6.17. The molecule has 0 aliphatic carbocycles. The van der Waals surface area contributed by atoms with Crippen LogP contribution >= 0.6 is 0 Å². The molecule has 0 radical (unpaired) electrons. The van der Waals surface area contributed by atoms with E-state index in [2.05, 4.69) is 19.2 Å². The number of amides is 1. The number of carbonyl (C=O) groups excluding carboxylic acids is 2. The third kappa shape index (κ3) is 5.50. The molecule has 4 nitrogen and oxygen atoms in total. The van der Waals surface area contributed by atoms with Crippen LogP contribution in [0.5, 0.6) is 5.75 Å². The normalized spacial score (nSPS) is 10.3. The molecule has 0 aliphatic heterocycles. The molecular weight excluding hydrogens is 249 g/mol. The van der Waals surface area contributed by atoms with Crippen LogP contribution in [0, 0.1) is 11.7 Å². The summed E-state index contributed by atoms with van der Waals surface area (Å²) in [6.07, 6.45) is 1.43. The number of ether oxygens (including phenoxy) is 1. The van der Waals surface area contributed by atoms with Crippen LogP contribution in [-0.4, -0.2) is 25.3 Å². The van der Waals surface area contributed by atoms with Gasteiger partial charge >= 0.3 is 0 Å². The minimum atomic E-state index is -0.653. The molecule has 1 aromatic rings. The minimum Gasteiger partial charge on any atom is -0.481 e. The first-order valence-corrected chi connectivity index (χ1v) is 6.17. The van der Waals surface area contributed by atoms with Crippen molar-refractivity contribution in [1.82, 2.24) is 5.32 Å². The van der Waals surface area contributed by atoms with E-state index in [1.807, 2.05) is 0 Å². The molecule has 0 atom stereocenters. The zero-order valence-corrected chi connectivity index (χ0v) is 11.1. The van der Waals surface area contributed by atoms with Crippen molar-refractivity contribution in [2.75, 3.05) is 13.2 Å². The van der Waals surface area contributed by atoms with Gasteiger partial charge in [-0.05, 0) is 30.5 Å². The maximum absolute atomic E-state index is 13.4. The van der Waals surface area contributed by atoms with Gasteiger partial charge in [-0.3, -0.25) is 9.59 Å². The number of halogens is 1. The summed E-state index contributed by atoms with van der Waals surface area (Å²) in [7, 11) is 0. The summed E-state index contributed by atoms with van der Waals surface area (Å²) in [5.74, 6) is -0.474. The number of hydrogen-bond donors (Lipinski definition) is 1. The van der Waals surface area contributed by atoms with Gasteiger partial charge in [0.15, 0.2) is 18.2 Å². The Hall–Kier alpha value is -1.91. The number of aldehydes is 1. The van der Waals surface area contributed by atoms with Gasteiger partial charge in [-0.1, -0.05) is 13.8 Å². The van der Waals surface area contributed by atoms with Crippen molar-refractivity contribution in [3.05, 3.63) is 29.6 Å². The quantitative estimate of drug-likeness (QED) is 0.770. The van der Waals surface area contributed by atoms with Crippen molar-refractivity contribution in [1.29, 1.82) is 0 Å². The van der Waals surface area contributed by atoms with E-state index >= 15 is 0 Å². The number of hydrogen-bond acceptors (Lipinski definition) is 3. The fourth-order valence-corrected chi connectivity index (χ4v) is 1.40. The van der Waals surface area contributed by atoms with Crippen LogP contribution in [0.1, 0.15) is 30.6 Å². The monoisotopic (exact) mass is 267 g/mol. The van der Waals surface area contributed by atoms with E-state index in [1.54, 1.807) is 0 Å². The maximum atomic E-state index is 13.4. The van der Waals surface area contributed by atoms with Crippen molar-refractivity contribution >= 4 is 12.2 Å². The summed E-state index contributed by atoms with van der Waals surface area (Å²) < 4.78 is 18.5. The third-order valence-corrected chi connectivity index (χ3v) is 2.49. The summed E-state index contributed by atoms with van der Waals surface area (Å²) in [5, 5.41) is 2.68. The predicted octanol–water partition coefficient (Wildman–Crippen LogP) is 2.18. The second-order valence-electron chi connectivity index (χ2n) is 4.63. The Morgan fingerprint density at radius 3 is 2.79 bits per heavy atom. The molecule has 1 N–H and O–H groups in total. The molecule has 0 fully saturated rings. The van der Waals surface area contributed by atoms with E-state index in [0.717, 1.165) is 12.5 Å². The summed E-state index contributed by atoms with van der Waals surface area (Å²) >= 11 is 0. The largest absolute Gasteiger partial charge is 0.481 e. The predicted molar refractivity (Wildman–Crippen MR) is 69.7 cm³/mol. The lowest BCUT2D eigenvalue weighted by atomic mass is 10.1. The number of nitrogens with one attached hydrogen (secondary N) is 1. The lowest BCUT2D eigenvalue weighted by molar-refractivity contribution is -0.123. The van der Waals surface area contributed by atoms with E-state index in [4.69, 9.17) is 4.74 Å². The summed E-state index contributed by atoms with van der Waals surface area (Å²) in [6, 6.07) is 3.83. The van der Waals surface area contributed by atoms with Crippen LogP contribution in [0.3, 0.4) is 0 Å². The van der Waals surface area contributed by atoms with Crippen LogP contribution in [0.15, 0.2) is 18.2 Å². The van der Waals surface area contributed by atoms with Crippen LogP contribution in [0.4, 0.5) is 4.39 Å². The van der Waals surface area contributed by atoms with E-state index in [-0.39, 0.29) is 23.8 Å². The first kappa shape index (κ1) is 15.1. The smallest absolute Gasteiger partial charge is 0.257 e. The average molecular weight is 267 g/mol. The van der Waals surface area contributed by atoms with Gasteiger partial charge in [0.2, 0.25) is 0 Å².